The van der Waals surface area contributed by atoms with Gasteiger partial charge in [-0.3, -0.25) is 4.79 Å². The van der Waals surface area contributed by atoms with Gasteiger partial charge in [-0.05, 0) is 64.2 Å². The van der Waals surface area contributed by atoms with E-state index in [2.05, 4.69) is 44.3 Å². The zero-order valence-corrected chi connectivity index (χ0v) is 18.7. The van der Waals surface area contributed by atoms with Gasteiger partial charge in [-0.2, -0.15) is 5.10 Å². The van der Waals surface area contributed by atoms with E-state index in [1.54, 1.807) is 0 Å². The van der Waals surface area contributed by atoms with Crippen LogP contribution in [0.2, 0.25) is 0 Å². The molecule has 0 radical (unpaired) electrons. The molecule has 1 saturated carbocycles. The van der Waals surface area contributed by atoms with Crippen LogP contribution in [-0.4, -0.2) is 20.7 Å². The molecule has 0 spiro atoms. The summed E-state index contributed by atoms with van der Waals surface area (Å²) in [6.07, 6.45) is 4.46. The van der Waals surface area contributed by atoms with Crippen LogP contribution < -0.4 is 5.32 Å². The minimum absolute atomic E-state index is 0.0464. The van der Waals surface area contributed by atoms with Crippen molar-refractivity contribution in [3.63, 3.8) is 0 Å². The Labute approximate surface area is 178 Å². The normalized spacial score (nSPS) is 14.8. The minimum Gasteiger partial charge on any atom is -0.345 e. The van der Waals surface area contributed by atoms with E-state index in [0.29, 0.717) is 11.5 Å². The predicted octanol–water partition coefficient (Wildman–Crippen LogP) is 5.53. The summed E-state index contributed by atoms with van der Waals surface area (Å²) in [7, 11) is 0. The number of carbonyl (C=O) groups is 1. The molecule has 5 nitrogen and oxygen atoms in total. The van der Waals surface area contributed by atoms with Crippen LogP contribution in [0.3, 0.4) is 0 Å². The summed E-state index contributed by atoms with van der Waals surface area (Å²) in [5.74, 6) is 0.433. The molecule has 0 saturated heterocycles. The van der Waals surface area contributed by atoms with E-state index in [1.807, 2.05) is 24.6 Å². The maximum Gasteiger partial charge on any atom is 0.252 e. The Hall–Kier alpha value is -2.69. The number of aryl methyl sites for hydroxylation is 4. The molecule has 1 atom stereocenters. The summed E-state index contributed by atoms with van der Waals surface area (Å²) < 4.78 is 1.99. The van der Waals surface area contributed by atoms with Crippen LogP contribution >= 0.6 is 0 Å². The number of pyridine rings is 1. The number of nitrogens with zero attached hydrogens (tertiary/aromatic N) is 3. The lowest BCUT2D eigenvalue weighted by Gasteiger charge is -2.18. The highest BCUT2D eigenvalue weighted by atomic mass is 16.1. The molecular formula is C25H32N4O. The molecule has 4 rings (SSSR count). The topological polar surface area (TPSA) is 59.8 Å². The fourth-order valence-electron chi connectivity index (χ4n) is 4.27. The molecule has 0 bridgehead atoms. The molecule has 3 aromatic rings. The number of benzene rings is 1. The molecule has 2 aromatic heterocycles. The van der Waals surface area contributed by atoms with E-state index in [-0.39, 0.29) is 11.9 Å². The van der Waals surface area contributed by atoms with Gasteiger partial charge in [-0.25, -0.2) is 9.67 Å². The van der Waals surface area contributed by atoms with Crippen LogP contribution in [0.5, 0.6) is 0 Å². The molecule has 0 aliphatic heterocycles. The first-order chi connectivity index (χ1) is 14.4. The van der Waals surface area contributed by atoms with Crippen LogP contribution in [0.1, 0.15) is 89.9 Å². The Morgan fingerprint density at radius 1 is 1.23 bits per heavy atom. The second-order valence-electron chi connectivity index (χ2n) is 8.78. The lowest BCUT2D eigenvalue weighted by molar-refractivity contribution is 0.0941. The minimum atomic E-state index is -0.0684. The van der Waals surface area contributed by atoms with Gasteiger partial charge in [-0.1, -0.05) is 37.1 Å². The number of amides is 1. The molecule has 30 heavy (non-hydrogen) atoms. The van der Waals surface area contributed by atoms with E-state index < -0.39 is 0 Å². The molecule has 0 unspecified atom stereocenters. The molecule has 2 heterocycles. The lowest BCUT2D eigenvalue weighted by atomic mass is 9.99. The van der Waals surface area contributed by atoms with Crippen LogP contribution in [0.15, 0.2) is 24.3 Å². The molecule has 1 aliphatic carbocycles. The number of carbonyl (C=O) groups excluding carboxylic acids is 1. The summed E-state index contributed by atoms with van der Waals surface area (Å²) in [4.78, 5) is 18.4. The molecule has 1 N–H and O–H groups in total. The summed E-state index contributed by atoms with van der Waals surface area (Å²) in [5, 5.41) is 8.84. The third kappa shape index (κ3) is 3.98. The zero-order valence-electron chi connectivity index (χ0n) is 18.7. The van der Waals surface area contributed by atoms with Crippen molar-refractivity contribution in [1.29, 1.82) is 0 Å². The van der Waals surface area contributed by atoms with Gasteiger partial charge in [0.1, 0.15) is 0 Å². The lowest BCUT2D eigenvalue weighted by Crippen LogP contribution is -2.27. The average molecular weight is 405 g/mol. The van der Waals surface area contributed by atoms with Crippen LogP contribution in [-0.2, 0) is 6.54 Å². The quantitative estimate of drug-likeness (QED) is 0.564. The highest BCUT2D eigenvalue weighted by molar-refractivity contribution is 6.06. The van der Waals surface area contributed by atoms with Gasteiger partial charge < -0.3 is 5.32 Å². The summed E-state index contributed by atoms with van der Waals surface area (Å²) in [5.41, 5.74) is 7.05. The number of unbranched alkanes of at least 4 members (excludes halogenated alkanes) is 1. The van der Waals surface area contributed by atoms with Gasteiger partial charge in [0.15, 0.2) is 5.65 Å². The maximum atomic E-state index is 13.4. The maximum absolute atomic E-state index is 13.4. The largest absolute Gasteiger partial charge is 0.345 e. The van der Waals surface area contributed by atoms with Gasteiger partial charge in [0.05, 0.1) is 22.7 Å². The predicted molar refractivity (Wildman–Crippen MR) is 121 cm³/mol. The second kappa shape index (κ2) is 8.21. The molecule has 158 valence electrons. The van der Waals surface area contributed by atoms with Crippen molar-refractivity contribution in [2.45, 2.75) is 78.8 Å². The molecule has 5 heteroatoms. The highest BCUT2D eigenvalue weighted by Gasteiger charge is 2.29. The van der Waals surface area contributed by atoms with E-state index in [9.17, 15) is 4.79 Å². The fraction of sp³-hybridized carbons (Fsp3) is 0.480. The number of hydrogen-bond acceptors (Lipinski definition) is 3. The van der Waals surface area contributed by atoms with E-state index >= 15 is 0 Å². The van der Waals surface area contributed by atoms with Crippen LogP contribution in [0.4, 0.5) is 0 Å². The van der Waals surface area contributed by atoms with E-state index in [1.165, 1.54) is 11.1 Å². The van der Waals surface area contributed by atoms with Crippen molar-refractivity contribution >= 4 is 16.9 Å². The van der Waals surface area contributed by atoms with Gasteiger partial charge in [-0.15, -0.1) is 0 Å². The Balaban J connectivity index is 1.71. The van der Waals surface area contributed by atoms with Crippen molar-refractivity contribution in [2.75, 3.05) is 0 Å². The van der Waals surface area contributed by atoms with Gasteiger partial charge in [0.25, 0.3) is 5.91 Å². The van der Waals surface area contributed by atoms with Crippen molar-refractivity contribution in [2.24, 2.45) is 0 Å². The zero-order chi connectivity index (χ0) is 21.4. The molecule has 1 aliphatic rings. The average Bonchev–Trinajstić information content (AvgIpc) is 3.50. The first-order valence-corrected chi connectivity index (χ1v) is 11.1. The van der Waals surface area contributed by atoms with Crippen molar-refractivity contribution in [3.8, 4) is 0 Å². The van der Waals surface area contributed by atoms with E-state index in [4.69, 9.17) is 10.1 Å². The number of hydrogen-bond donors (Lipinski definition) is 1. The first kappa shape index (κ1) is 20.6. The Bertz CT molecular complexity index is 1090. The SMILES string of the molecule is CCCCn1nc(C)c2c(C(=O)N[C@H](C)c3ccc(C)cc3C)cc(C3CC3)nc21. The van der Waals surface area contributed by atoms with Crippen molar-refractivity contribution in [3.05, 3.63) is 57.9 Å². The molecule has 1 fully saturated rings. The van der Waals surface area contributed by atoms with Gasteiger partial charge >= 0.3 is 0 Å². The second-order valence-corrected chi connectivity index (χ2v) is 8.78. The standard InChI is InChI=1S/C25H32N4O/c1-6-7-12-29-24-23(18(5)28-29)21(14-22(27-24)19-9-10-19)25(30)26-17(4)20-11-8-15(2)13-16(20)3/h8,11,13-14,17,19H,6-7,9-10,12H2,1-5H3,(H,26,30)/t17-/m1/s1. The summed E-state index contributed by atoms with van der Waals surface area (Å²) in [6.45, 7) is 11.2. The van der Waals surface area contributed by atoms with Gasteiger partial charge in [0, 0.05) is 18.2 Å². The Morgan fingerprint density at radius 3 is 2.67 bits per heavy atom. The molecule has 1 aromatic carbocycles. The van der Waals surface area contributed by atoms with Crippen LogP contribution in [0.25, 0.3) is 11.0 Å². The highest BCUT2D eigenvalue weighted by Crippen LogP contribution is 2.40. The number of nitrogens with one attached hydrogen (secondary N) is 1. The smallest absolute Gasteiger partial charge is 0.252 e. The van der Waals surface area contributed by atoms with Crippen molar-refractivity contribution in [1.82, 2.24) is 20.1 Å². The van der Waals surface area contributed by atoms with Crippen molar-refractivity contribution < 1.29 is 4.79 Å². The summed E-state index contributed by atoms with van der Waals surface area (Å²) in [6, 6.07) is 8.31. The fourth-order valence-corrected chi connectivity index (χ4v) is 4.27. The molecular weight excluding hydrogens is 372 g/mol. The number of aromatic nitrogens is 3. The first-order valence-electron chi connectivity index (χ1n) is 11.1. The van der Waals surface area contributed by atoms with E-state index in [0.717, 1.165) is 60.2 Å². The monoisotopic (exact) mass is 404 g/mol. The van der Waals surface area contributed by atoms with Gasteiger partial charge in [0.2, 0.25) is 0 Å². The Kier molecular flexibility index (Phi) is 5.63. The number of fused-ring (bicyclic) bond motifs is 1. The van der Waals surface area contributed by atoms with Crippen LogP contribution in [0, 0.1) is 20.8 Å². The molecule has 1 amide bonds. The third-order valence-electron chi connectivity index (χ3n) is 6.10. The third-order valence-corrected chi connectivity index (χ3v) is 6.10. The summed E-state index contributed by atoms with van der Waals surface area (Å²) >= 11 is 0. The Morgan fingerprint density at radius 2 is 2.00 bits per heavy atom. The number of rotatable bonds is 7.